The van der Waals surface area contributed by atoms with Gasteiger partial charge in [-0.05, 0) is 51.2 Å². The van der Waals surface area contributed by atoms with Crippen molar-refractivity contribution in [2.45, 2.75) is 52.2 Å². The fourth-order valence-corrected chi connectivity index (χ4v) is 3.29. The lowest BCUT2D eigenvalue weighted by molar-refractivity contribution is 0.208. The highest BCUT2D eigenvalue weighted by atomic mass is 127. The number of benzene rings is 1. The predicted octanol–water partition coefficient (Wildman–Crippen LogP) is 2.28. The molecule has 0 spiro atoms. The van der Waals surface area contributed by atoms with Gasteiger partial charge < -0.3 is 15.4 Å². The standard InChI is InChI=1S/C18H30N4O3S.HI/c1-3-20-18(21-10-11-26(19,23)24)22-13-15-9-8-14(2)12-17(15)25-16-6-4-5-7-16;/h8-9,12,16H,3-7,10-11,13H2,1-2H3,(H2,19,23,24)(H2,20,21,22);1H. The smallest absolute Gasteiger partial charge is 0.210 e. The number of sulfonamides is 1. The first-order valence-corrected chi connectivity index (χ1v) is 10.9. The van der Waals surface area contributed by atoms with E-state index in [1.807, 2.05) is 26.0 Å². The third kappa shape index (κ3) is 9.11. The van der Waals surface area contributed by atoms with E-state index in [1.54, 1.807) is 0 Å². The van der Waals surface area contributed by atoms with Gasteiger partial charge in [0, 0.05) is 18.7 Å². The molecule has 0 aromatic heterocycles. The van der Waals surface area contributed by atoms with E-state index in [1.165, 1.54) is 12.8 Å². The summed E-state index contributed by atoms with van der Waals surface area (Å²) in [6, 6.07) is 6.15. The molecule has 0 unspecified atom stereocenters. The van der Waals surface area contributed by atoms with Crippen LogP contribution in [0.15, 0.2) is 23.2 Å². The Morgan fingerprint density at radius 1 is 1.30 bits per heavy atom. The topological polar surface area (TPSA) is 106 Å². The highest BCUT2D eigenvalue weighted by molar-refractivity contribution is 14.0. The van der Waals surface area contributed by atoms with Crippen molar-refractivity contribution in [3.8, 4) is 5.75 Å². The van der Waals surface area contributed by atoms with Crippen LogP contribution in [0.1, 0.15) is 43.7 Å². The van der Waals surface area contributed by atoms with Crippen LogP contribution in [-0.4, -0.2) is 39.3 Å². The maximum atomic E-state index is 11.1. The van der Waals surface area contributed by atoms with E-state index in [0.29, 0.717) is 25.2 Å². The molecule has 1 aromatic carbocycles. The lowest BCUT2D eigenvalue weighted by Gasteiger charge is -2.17. The van der Waals surface area contributed by atoms with Crippen LogP contribution in [-0.2, 0) is 16.6 Å². The van der Waals surface area contributed by atoms with Crippen molar-refractivity contribution < 1.29 is 13.2 Å². The summed E-state index contributed by atoms with van der Waals surface area (Å²) in [5.41, 5.74) is 2.18. The number of aliphatic imine (C=N–C) groups is 1. The van der Waals surface area contributed by atoms with Gasteiger partial charge in [0.15, 0.2) is 5.96 Å². The van der Waals surface area contributed by atoms with E-state index < -0.39 is 10.0 Å². The third-order valence-electron chi connectivity index (χ3n) is 4.25. The molecule has 1 fully saturated rings. The molecule has 9 heteroatoms. The van der Waals surface area contributed by atoms with E-state index in [0.717, 1.165) is 29.7 Å². The Labute approximate surface area is 179 Å². The largest absolute Gasteiger partial charge is 0.490 e. The molecule has 1 aliphatic rings. The summed E-state index contributed by atoms with van der Waals surface area (Å²) in [6.45, 7) is 5.35. The number of primary sulfonamides is 1. The van der Waals surface area contributed by atoms with Crippen molar-refractivity contribution in [1.29, 1.82) is 0 Å². The molecule has 0 atom stereocenters. The molecule has 1 aromatic rings. The van der Waals surface area contributed by atoms with Crippen molar-refractivity contribution in [3.05, 3.63) is 29.3 Å². The summed E-state index contributed by atoms with van der Waals surface area (Å²) in [6.07, 6.45) is 4.95. The number of nitrogens with two attached hydrogens (primary N) is 1. The van der Waals surface area contributed by atoms with E-state index in [9.17, 15) is 8.42 Å². The minimum absolute atomic E-state index is 0. The second-order valence-electron chi connectivity index (χ2n) is 6.62. The highest BCUT2D eigenvalue weighted by Gasteiger charge is 2.18. The first kappa shape index (κ1) is 24.0. The van der Waals surface area contributed by atoms with Crippen LogP contribution in [0.5, 0.6) is 5.75 Å². The molecule has 7 nitrogen and oxygen atoms in total. The summed E-state index contributed by atoms with van der Waals surface area (Å²) < 4.78 is 28.3. The van der Waals surface area contributed by atoms with Crippen molar-refractivity contribution in [2.75, 3.05) is 18.8 Å². The van der Waals surface area contributed by atoms with Gasteiger partial charge in [-0.15, -0.1) is 24.0 Å². The SMILES string of the molecule is CCNC(=NCc1ccc(C)cc1OC1CCCC1)NCCS(N)(=O)=O.I. The Bertz CT molecular complexity index is 719. The van der Waals surface area contributed by atoms with Crippen LogP contribution < -0.4 is 20.5 Å². The van der Waals surface area contributed by atoms with E-state index >= 15 is 0 Å². The zero-order valence-electron chi connectivity index (χ0n) is 16.0. The Hall–Kier alpha value is -1.07. The van der Waals surface area contributed by atoms with Gasteiger partial charge in [0.05, 0.1) is 18.4 Å². The van der Waals surface area contributed by atoms with Crippen molar-refractivity contribution in [1.82, 2.24) is 10.6 Å². The van der Waals surface area contributed by atoms with Crippen LogP contribution in [0.2, 0.25) is 0 Å². The van der Waals surface area contributed by atoms with Gasteiger partial charge in [-0.25, -0.2) is 18.5 Å². The number of nitrogens with one attached hydrogen (secondary N) is 2. The van der Waals surface area contributed by atoms with Crippen LogP contribution in [0.4, 0.5) is 0 Å². The summed E-state index contributed by atoms with van der Waals surface area (Å²) in [4.78, 5) is 4.55. The minimum Gasteiger partial charge on any atom is -0.490 e. The van der Waals surface area contributed by atoms with Gasteiger partial charge >= 0.3 is 0 Å². The zero-order chi connectivity index (χ0) is 19.0. The van der Waals surface area contributed by atoms with Gasteiger partial charge in [-0.2, -0.15) is 0 Å². The molecule has 2 rings (SSSR count). The molecule has 0 saturated heterocycles. The first-order valence-electron chi connectivity index (χ1n) is 9.16. The average Bonchev–Trinajstić information content (AvgIpc) is 3.06. The fourth-order valence-electron chi connectivity index (χ4n) is 2.91. The fraction of sp³-hybridized carbons (Fsp3) is 0.611. The lowest BCUT2D eigenvalue weighted by atomic mass is 10.1. The maximum Gasteiger partial charge on any atom is 0.210 e. The molecular formula is C18H31IN4O3S. The van der Waals surface area contributed by atoms with Crippen molar-refractivity contribution >= 4 is 40.0 Å². The number of aryl methyl sites for hydroxylation is 1. The molecule has 0 amide bonds. The van der Waals surface area contributed by atoms with Crippen LogP contribution in [0.25, 0.3) is 0 Å². The predicted molar refractivity (Wildman–Crippen MR) is 120 cm³/mol. The van der Waals surface area contributed by atoms with E-state index in [4.69, 9.17) is 9.88 Å². The Morgan fingerprint density at radius 2 is 2.00 bits per heavy atom. The first-order chi connectivity index (χ1) is 12.4. The second kappa shape index (κ2) is 11.7. The van der Waals surface area contributed by atoms with Crippen LogP contribution >= 0.6 is 24.0 Å². The number of rotatable bonds is 8. The molecule has 4 N–H and O–H groups in total. The van der Waals surface area contributed by atoms with Gasteiger partial charge in [0.25, 0.3) is 0 Å². The second-order valence-corrected chi connectivity index (χ2v) is 8.36. The number of hydrogen-bond acceptors (Lipinski definition) is 4. The molecule has 27 heavy (non-hydrogen) atoms. The molecule has 0 radical (unpaired) electrons. The quantitative estimate of drug-likeness (QED) is 0.283. The summed E-state index contributed by atoms with van der Waals surface area (Å²) in [7, 11) is -3.49. The lowest BCUT2D eigenvalue weighted by Crippen LogP contribution is -2.40. The van der Waals surface area contributed by atoms with Gasteiger partial charge in [-0.1, -0.05) is 12.1 Å². The Kier molecular flexibility index (Phi) is 10.4. The molecule has 1 saturated carbocycles. The molecule has 0 heterocycles. The van der Waals surface area contributed by atoms with Gasteiger partial charge in [0.2, 0.25) is 10.0 Å². The third-order valence-corrected chi connectivity index (χ3v) is 5.02. The molecular weight excluding hydrogens is 479 g/mol. The summed E-state index contributed by atoms with van der Waals surface area (Å²) in [5, 5.41) is 11.1. The van der Waals surface area contributed by atoms with Crippen LogP contribution in [0.3, 0.4) is 0 Å². The van der Waals surface area contributed by atoms with Crippen LogP contribution in [0, 0.1) is 6.92 Å². The summed E-state index contributed by atoms with van der Waals surface area (Å²) in [5.74, 6) is 1.31. The van der Waals surface area contributed by atoms with E-state index in [2.05, 4.69) is 21.7 Å². The summed E-state index contributed by atoms with van der Waals surface area (Å²) >= 11 is 0. The van der Waals surface area contributed by atoms with Gasteiger partial charge in [0.1, 0.15) is 5.75 Å². The molecule has 1 aliphatic carbocycles. The molecule has 154 valence electrons. The Morgan fingerprint density at radius 3 is 2.63 bits per heavy atom. The van der Waals surface area contributed by atoms with E-state index in [-0.39, 0.29) is 36.3 Å². The zero-order valence-corrected chi connectivity index (χ0v) is 19.2. The number of ether oxygens (including phenoxy) is 1. The Balaban J connectivity index is 0.00000364. The molecule has 0 aliphatic heterocycles. The number of hydrogen-bond donors (Lipinski definition) is 3. The van der Waals surface area contributed by atoms with Crippen molar-refractivity contribution in [3.63, 3.8) is 0 Å². The number of nitrogens with zero attached hydrogens (tertiary/aromatic N) is 1. The van der Waals surface area contributed by atoms with Gasteiger partial charge in [-0.3, -0.25) is 0 Å². The normalized spacial score (nSPS) is 15.3. The monoisotopic (exact) mass is 510 g/mol. The number of guanidine groups is 1. The number of halogens is 1. The average molecular weight is 510 g/mol. The molecule has 0 bridgehead atoms. The maximum absolute atomic E-state index is 11.1. The highest BCUT2D eigenvalue weighted by Crippen LogP contribution is 2.28. The minimum atomic E-state index is -3.49. The van der Waals surface area contributed by atoms with Crippen molar-refractivity contribution in [2.24, 2.45) is 10.1 Å².